The zero-order chi connectivity index (χ0) is 52.9. The van der Waals surface area contributed by atoms with Gasteiger partial charge < -0.3 is 14.2 Å². The second-order valence-electron chi connectivity index (χ2n) is 18.8. The summed E-state index contributed by atoms with van der Waals surface area (Å²) in [5.41, 5.74) is 0. The first-order valence-electron chi connectivity index (χ1n) is 29.3. The van der Waals surface area contributed by atoms with Crippen molar-refractivity contribution in [3.8, 4) is 0 Å². The second kappa shape index (κ2) is 59.8. The largest absolute Gasteiger partial charge is 0.462 e. The number of hydrogen-bond donors (Lipinski definition) is 0. The third-order valence-electron chi connectivity index (χ3n) is 11.8. The second-order valence-corrected chi connectivity index (χ2v) is 18.8. The minimum Gasteiger partial charge on any atom is -0.462 e. The summed E-state index contributed by atoms with van der Waals surface area (Å²) in [6.45, 7) is 6.29. The van der Waals surface area contributed by atoms with Crippen molar-refractivity contribution < 1.29 is 28.6 Å². The molecule has 0 aliphatic heterocycles. The fourth-order valence-corrected chi connectivity index (χ4v) is 7.50. The van der Waals surface area contributed by atoms with E-state index in [1.54, 1.807) is 0 Å². The van der Waals surface area contributed by atoms with Crippen LogP contribution in [0, 0.1) is 0 Å². The van der Waals surface area contributed by atoms with E-state index in [1.807, 2.05) is 12.2 Å². The lowest BCUT2D eigenvalue weighted by Crippen LogP contribution is -2.30. The molecule has 0 amide bonds. The third kappa shape index (κ3) is 58.1. The first kappa shape index (κ1) is 68.3. The summed E-state index contributed by atoms with van der Waals surface area (Å²) in [7, 11) is 0. The Hall–Kier alpha value is -4.71. The number of carbonyl (C=O) groups is 3. The van der Waals surface area contributed by atoms with Gasteiger partial charge in [-0.15, -0.1) is 0 Å². The number of carbonyl (C=O) groups excluding carboxylic acids is 3. The molecule has 0 radical (unpaired) electrons. The quantitative estimate of drug-likeness (QED) is 0.0261. The third-order valence-corrected chi connectivity index (χ3v) is 11.8. The molecule has 0 saturated heterocycles. The summed E-state index contributed by atoms with van der Waals surface area (Å²) in [6, 6.07) is 0. The maximum Gasteiger partial charge on any atom is 0.306 e. The van der Waals surface area contributed by atoms with Crippen molar-refractivity contribution in [2.45, 2.75) is 245 Å². The molecular formula is C67H106O6. The highest BCUT2D eigenvalue weighted by molar-refractivity contribution is 5.71. The van der Waals surface area contributed by atoms with E-state index in [9.17, 15) is 14.4 Å². The molecule has 0 N–H and O–H groups in total. The van der Waals surface area contributed by atoms with Gasteiger partial charge in [-0.2, -0.15) is 0 Å². The lowest BCUT2D eigenvalue weighted by molar-refractivity contribution is -0.166. The molecule has 0 aliphatic rings. The standard InChI is InChI=1S/C67H106O6/c1-4-7-10-13-16-19-22-25-28-31-33-36-39-42-45-48-51-54-57-60-66(69)72-63-64(62-71-65(68)59-56-53-50-47-44-41-38-35-30-27-24-21-18-15-12-9-6-3)73-67(70)61-58-55-52-49-46-43-40-37-34-32-29-26-23-20-17-14-11-8-5-2/h7,9-10,12,16,18-19,21,25-30,33,36,38,41-42,45,47,50-51,54,64H,4-6,8,11,13-15,17,20,22-24,31-32,34-35,37,39-40,43-44,46,48-49,52-53,55-63H2,1-3H3/b10-7-,12-9-,19-16-,21-18-,28-25-,29-26-,30-27-,36-33-,41-38-,45-42-,50-47-,54-51-/t64-/m0/s1. The van der Waals surface area contributed by atoms with Crippen LogP contribution in [0.2, 0.25) is 0 Å². The number of esters is 3. The van der Waals surface area contributed by atoms with Crippen LogP contribution in [-0.2, 0) is 28.6 Å². The maximum absolute atomic E-state index is 12.9. The molecule has 0 spiro atoms. The van der Waals surface area contributed by atoms with Crippen molar-refractivity contribution in [3.05, 3.63) is 146 Å². The van der Waals surface area contributed by atoms with E-state index in [-0.39, 0.29) is 44.0 Å². The van der Waals surface area contributed by atoms with Crippen molar-refractivity contribution >= 4 is 17.9 Å². The Balaban J connectivity index is 4.60. The highest BCUT2D eigenvalue weighted by atomic mass is 16.6. The molecule has 410 valence electrons. The van der Waals surface area contributed by atoms with Gasteiger partial charge in [-0.05, 0) is 122 Å². The minimum atomic E-state index is -0.840. The van der Waals surface area contributed by atoms with Crippen molar-refractivity contribution in [3.63, 3.8) is 0 Å². The van der Waals surface area contributed by atoms with Crippen molar-refractivity contribution in [2.75, 3.05) is 13.2 Å². The van der Waals surface area contributed by atoms with Crippen LogP contribution < -0.4 is 0 Å². The Kier molecular flexibility index (Phi) is 56.0. The Labute approximate surface area is 448 Å². The summed E-state index contributed by atoms with van der Waals surface area (Å²) in [4.78, 5) is 38.2. The molecular weight excluding hydrogens is 901 g/mol. The van der Waals surface area contributed by atoms with E-state index in [1.165, 1.54) is 89.9 Å². The molecule has 0 aromatic heterocycles. The van der Waals surface area contributed by atoms with Gasteiger partial charge in [-0.25, -0.2) is 0 Å². The van der Waals surface area contributed by atoms with Gasteiger partial charge in [0.05, 0.1) is 0 Å². The van der Waals surface area contributed by atoms with Crippen LogP contribution in [0.5, 0.6) is 0 Å². The van der Waals surface area contributed by atoms with Gasteiger partial charge in [0.1, 0.15) is 13.2 Å². The van der Waals surface area contributed by atoms with E-state index in [4.69, 9.17) is 14.2 Å². The summed E-state index contributed by atoms with van der Waals surface area (Å²) in [5, 5.41) is 0. The van der Waals surface area contributed by atoms with Gasteiger partial charge in [0.15, 0.2) is 6.10 Å². The lowest BCUT2D eigenvalue weighted by Gasteiger charge is -2.18. The number of allylic oxidation sites excluding steroid dienone is 24. The first-order chi connectivity index (χ1) is 36.0. The SMILES string of the molecule is CC/C=C\C/C=C\C/C=C\C/C=C\C/C=C\C/C=C\CCC(=O)OC[C@H](COC(=O)CCC/C=C\C/C=C\C/C=C\C/C=C\C/C=C\CC)OC(=O)CCCCCCCCCCC/C=C\CCCCCCCC. The van der Waals surface area contributed by atoms with Crippen LogP contribution in [-0.4, -0.2) is 37.2 Å². The molecule has 0 fully saturated rings. The lowest BCUT2D eigenvalue weighted by atomic mass is 10.1. The number of hydrogen-bond acceptors (Lipinski definition) is 6. The van der Waals surface area contributed by atoms with Crippen molar-refractivity contribution in [1.82, 2.24) is 0 Å². The van der Waals surface area contributed by atoms with Crippen LogP contribution in [0.4, 0.5) is 0 Å². The van der Waals surface area contributed by atoms with Crippen LogP contribution >= 0.6 is 0 Å². The van der Waals surface area contributed by atoms with Gasteiger partial charge in [0, 0.05) is 19.3 Å². The zero-order valence-electron chi connectivity index (χ0n) is 46.8. The molecule has 0 aromatic carbocycles. The Morgan fingerprint density at radius 1 is 0.288 bits per heavy atom. The van der Waals surface area contributed by atoms with Crippen LogP contribution in [0.25, 0.3) is 0 Å². The van der Waals surface area contributed by atoms with E-state index in [2.05, 4.69) is 154 Å². The van der Waals surface area contributed by atoms with Crippen LogP contribution in [0.3, 0.4) is 0 Å². The summed E-state index contributed by atoms with van der Waals surface area (Å²) < 4.78 is 16.8. The summed E-state index contributed by atoms with van der Waals surface area (Å²) in [5.74, 6) is -1.08. The Bertz CT molecular complexity index is 1630. The average molecular weight is 1010 g/mol. The van der Waals surface area contributed by atoms with Gasteiger partial charge in [0.2, 0.25) is 0 Å². The molecule has 0 aliphatic carbocycles. The topological polar surface area (TPSA) is 78.9 Å². The summed E-state index contributed by atoms with van der Waals surface area (Å²) >= 11 is 0. The molecule has 0 bridgehead atoms. The normalized spacial score (nSPS) is 13.2. The highest BCUT2D eigenvalue weighted by Crippen LogP contribution is 2.14. The molecule has 0 aromatic rings. The fraction of sp³-hybridized carbons (Fsp3) is 0.597. The van der Waals surface area contributed by atoms with E-state index in [0.29, 0.717) is 19.3 Å². The highest BCUT2D eigenvalue weighted by Gasteiger charge is 2.19. The molecule has 0 rings (SSSR count). The monoisotopic (exact) mass is 1010 g/mol. The summed E-state index contributed by atoms with van der Waals surface area (Å²) in [6.07, 6.45) is 85.7. The number of ether oxygens (including phenoxy) is 3. The predicted octanol–water partition coefficient (Wildman–Crippen LogP) is 20.0. The molecule has 0 unspecified atom stereocenters. The molecule has 6 heteroatoms. The molecule has 0 saturated carbocycles. The van der Waals surface area contributed by atoms with Crippen molar-refractivity contribution in [1.29, 1.82) is 0 Å². The predicted molar refractivity (Wildman–Crippen MR) is 315 cm³/mol. The fourth-order valence-electron chi connectivity index (χ4n) is 7.50. The van der Waals surface area contributed by atoms with E-state index < -0.39 is 6.10 Å². The van der Waals surface area contributed by atoms with Gasteiger partial charge in [0.25, 0.3) is 0 Å². The zero-order valence-corrected chi connectivity index (χ0v) is 46.8. The van der Waals surface area contributed by atoms with E-state index >= 15 is 0 Å². The Morgan fingerprint density at radius 2 is 0.575 bits per heavy atom. The van der Waals surface area contributed by atoms with Gasteiger partial charge >= 0.3 is 17.9 Å². The number of unbranched alkanes of at least 4 members (excludes halogenated alkanes) is 16. The van der Waals surface area contributed by atoms with Gasteiger partial charge in [-0.1, -0.05) is 244 Å². The van der Waals surface area contributed by atoms with E-state index in [0.717, 1.165) is 96.3 Å². The molecule has 6 nitrogen and oxygen atoms in total. The first-order valence-corrected chi connectivity index (χ1v) is 29.3. The van der Waals surface area contributed by atoms with Gasteiger partial charge in [-0.3, -0.25) is 14.4 Å². The van der Waals surface area contributed by atoms with Crippen LogP contribution in [0.1, 0.15) is 239 Å². The Morgan fingerprint density at radius 3 is 0.973 bits per heavy atom. The molecule has 0 heterocycles. The van der Waals surface area contributed by atoms with Crippen LogP contribution in [0.15, 0.2) is 146 Å². The molecule has 1 atom stereocenters. The van der Waals surface area contributed by atoms with Crippen molar-refractivity contribution in [2.24, 2.45) is 0 Å². The maximum atomic E-state index is 12.9. The minimum absolute atomic E-state index is 0.137. The number of rotatable bonds is 51. The average Bonchev–Trinajstić information content (AvgIpc) is 3.39. The smallest absolute Gasteiger partial charge is 0.306 e. The molecule has 73 heavy (non-hydrogen) atoms.